The highest BCUT2D eigenvalue weighted by Crippen LogP contribution is 2.22. The molecule has 0 spiro atoms. The number of carbonyl (C=O) groups is 2. The maximum absolute atomic E-state index is 10.6. The van der Waals surface area contributed by atoms with Crippen LogP contribution in [0.1, 0.15) is 24.1 Å². The van der Waals surface area contributed by atoms with Crippen molar-refractivity contribution >= 4 is 11.9 Å². The van der Waals surface area contributed by atoms with E-state index in [1.54, 1.807) is 7.11 Å². The van der Waals surface area contributed by atoms with E-state index in [4.69, 9.17) is 24.5 Å². The fraction of sp³-hybridized carbons (Fsp3) is 0.542. The van der Waals surface area contributed by atoms with Crippen LogP contribution < -0.4 is 4.74 Å². The molecule has 0 aliphatic carbocycles. The number of likely N-dealkylation sites (tertiary alicyclic amines) is 1. The quantitative estimate of drug-likeness (QED) is 0.524. The van der Waals surface area contributed by atoms with Crippen molar-refractivity contribution in [3.8, 4) is 5.75 Å². The molecule has 218 valence electrons. The molecular weight excluding hydrogens is 538 g/mol. The lowest BCUT2D eigenvalue weighted by Crippen LogP contribution is -2.35. The van der Waals surface area contributed by atoms with Gasteiger partial charge in [0, 0.05) is 44.8 Å². The second kappa shape index (κ2) is 14.2. The van der Waals surface area contributed by atoms with Crippen LogP contribution in [-0.4, -0.2) is 87.4 Å². The molecule has 1 unspecified atom stereocenters. The highest BCUT2D eigenvalue weighted by molar-refractivity contribution is 5.73. The van der Waals surface area contributed by atoms with Crippen molar-refractivity contribution < 1.29 is 50.9 Å². The largest absolute Gasteiger partial charge is 0.497 e. The van der Waals surface area contributed by atoms with E-state index in [2.05, 4.69) is 43.8 Å². The molecule has 3 heterocycles. The average Bonchev–Trinajstić information content (AvgIpc) is 3.48. The fourth-order valence-corrected chi connectivity index (χ4v) is 4.22. The molecule has 9 nitrogen and oxygen atoms in total. The van der Waals surface area contributed by atoms with Crippen LogP contribution in [-0.2, 0) is 29.2 Å². The smallest absolute Gasteiger partial charge is 0.490 e. The number of carboxylic acids is 2. The van der Waals surface area contributed by atoms with Gasteiger partial charge in [-0.25, -0.2) is 9.59 Å². The highest BCUT2D eigenvalue weighted by atomic mass is 19.4. The van der Waals surface area contributed by atoms with Gasteiger partial charge >= 0.3 is 24.3 Å². The second-order valence-electron chi connectivity index (χ2n) is 9.01. The summed E-state index contributed by atoms with van der Waals surface area (Å²) in [5, 5.41) is 18.8. The predicted octanol–water partition coefficient (Wildman–Crippen LogP) is 3.89. The molecule has 1 aromatic carbocycles. The normalized spacial score (nSPS) is 18.1. The summed E-state index contributed by atoms with van der Waals surface area (Å²) in [6, 6.07) is 10.6. The number of fused-ring (bicyclic) bond motifs is 1. The van der Waals surface area contributed by atoms with E-state index in [-0.39, 0.29) is 0 Å². The lowest BCUT2D eigenvalue weighted by atomic mass is 10.1. The van der Waals surface area contributed by atoms with Gasteiger partial charge in [0.2, 0.25) is 0 Å². The van der Waals surface area contributed by atoms with Gasteiger partial charge in [0.05, 0.1) is 12.8 Å². The van der Waals surface area contributed by atoms with Gasteiger partial charge in [0.1, 0.15) is 5.75 Å². The first-order chi connectivity index (χ1) is 18.2. The molecule has 1 saturated heterocycles. The van der Waals surface area contributed by atoms with Crippen molar-refractivity contribution in [2.75, 3.05) is 33.3 Å². The Morgan fingerprint density at radius 2 is 1.56 bits per heavy atom. The number of aromatic nitrogens is 2. The van der Waals surface area contributed by atoms with Crippen molar-refractivity contribution in [1.82, 2.24) is 19.6 Å². The zero-order chi connectivity index (χ0) is 29.2. The summed E-state index contributed by atoms with van der Waals surface area (Å²) in [4.78, 5) is 23.0. The van der Waals surface area contributed by atoms with Crippen LogP contribution in [0.15, 0.2) is 36.5 Å². The second-order valence-corrected chi connectivity index (χ2v) is 9.01. The summed E-state index contributed by atoms with van der Waals surface area (Å²) in [5.74, 6) is -3.95. The van der Waals surface area contributed by atoms with Gasteiger partial charge in [0.15, 0.2) is 0 Å². The molecule has 1 atom stereocenters. The van der Waals surface area contributed by atoms with Crippen LogP contribution in [0.4, 0.5) is 26.3 Å². The van der Waals surface area contributed by atoms with E-state index in [0.29, 0.717) is 5.92 Å². The Hall–Kier alpha value is -3.33. The summed E-state index contributed by atoms with van der Waals surface area (Å²) < 4.78 is 71.1. The molecule has 0 bridgehead atoms. The minimum atomic E-state index is -5.08. The van der Waals surface area contributed by atoms with E-state index in [1.807, 2.05) is 12.3 Å². The molecule has 0 radical (unpaired) electrons. The van der Waals surface area contributed by atoms with Crippen molar-refractivity contribution in [2.45, 2.75) is 44.8 Å². The summed E-state index contributed by atoms with van der Waals surface area (Å²) in [5.41, 5.74) is 2.64. The van der Waals surface area contributed by atoms with Crippen LogP contribution in [0, 0.1) is 5.92 Å². The van der Waals surface area contributed by atoms with Gasteiger partial charge in [0.25, 0.3) is 0 Å². The van der Waals surface area contributed by atoms with Gasteiger partial charge < -0.3 is 19.8 Å². The maximum atomic E-state index is 10.6. The van der Waals surface area contributed by atoms with Crippen LogP contribution in [0.2, 0.25) is 0 Å². The van der Waals surface area contributed by atoms with E-state index in [9.17, 15) is 26.3 Å². The zero-order valence-corrected chi connectivity index (χ0v) is 21.1. The number of halogens is 6. The number of benzene rings is 1. The van der Waals surface area contributed by atoms with Crippen molar-refractivity contribution in [1.29, 1.82) is 0 Å². The number of hydrogen-bond acceptors (Lipinski definition) is 6. The van der Waals surface area contributed by atoms with Gasteiger partial charge in [-0.15, -0.1) is 0 Å². The van der Waals surface area contributed by atoms with Gasteiger partial charge in [-0.2, -0.15) is 31.4 Å². The minimum Gasteiger partial charge on any atom is -0.497 e. The number of ether oxygens (including phenoxy) is 1. The minimum absolute atomic E-state index is 0.629. The third-order valence-corrected chi connectivity index (χ3v) is 5.88. The van der Waals surface area contributed by atoms with Gasteiger partial charge in [-0.05, 0) is 49.7 Å². The number of methoxy groups -OCH3 is 1. The standard InChI is InChI=1S/C20H28N4O.2C2HF3O2/c1-25-20-6-4-5-17(11-20)12-23-14-18(13-22-9-2-3-10-22)15-24-19(16-23)7-8-21-24;2*3-2(4,5)1(6)7/h4-8,11,18H,2-3,9-10,12-16H2,1H3;2*(H,6,7). The number of rotatable bonds is 5. The van der Waals surface area contributed by atoms with E-state index >= 15 is 0 Å². The van der Waals surface area contributed by atoms with Crippen LogP contribution >= 0.6 is 0 Å². The SMILES string of the molecule is COc1cccc(CN2Cc3ccnn3CC(CN3CCCC3)C2)c1.O=C(O)C(F)(F)F.O=C(O)C(F)(F)F. The highest BCUT2D eigenvalue weighted by Gasteiger charge is 2.38. The van der Waals surface area contributed by atoms with Gasteiger partial charge in [-0.3, -0.25) is 9.58 Å². The Kier molecular flexibility index (Phi) is 11.6. The molecule has 2 aromatic rings. The monoisotopic (exact) mass is 568 g/mol. The van der Waals surface area contributed by atoms with Gasteiger partial charge in [-0.1, -0.05) is 12.1 Å². The van der Waals surface area contributed by atoms with E-state index in [0.717, 1.165) is 31.9 Å². The molecule has 1 aromatic heterocycles. The Labute approximate surface area is 220 Å². The zero-order valence-electron chi connectivity index (χ0n) is 21.1. The van der Waals surface area contributed by atoms with Crippen molar-refractivity contribution in [3.63, 3.8) is 0 Å². The Morgan fingerprint density at radius 1 is 0.974 bits per heavy atom. The number of nitrogens with zero attached hydrogens (tertiary/aromatic N) is 4. The number of alkyl halides is 6. The fourth-order valence-electron chi connectivity index (χ4n) is 4.22. The van der Waals surface area contributed by atoms with E-state index in [1.165, 1.54) is 43.7 Å². The third-order valence-electron chi connectivity index (χ3n) is 5.88. The lowest BCUT2D eigenvalue weighted by molar-refractivity contribution is -0.193. The Balaban J connectivity index is 0.000000317. The van der Waals surface area contributed by atoms with Crippen LogP contribution in [0.5, 0.6) is 5.75 Å². The molecule has 2 aliphatic heterocycles. The summed E-state index contributed by atoms with van der Waals surface area (Å²) in [6.45, 7) is 7.79. The molecule has 2 N–H and O–H groups in total. The molecule has 1 fully saturated rings. The first kappa shape index (κ1) is 31.9. The number of carboxylic acid groups (broad SMARTS) is 2. The van der Waals surface area contributed by atoms with Crippen LogP contribution in [0.3, 0.4) is 0 Å². The molecule has 0 saturated carbocycles. The average molecular weight is 569 g/mol. The molecule has 0 amide bonds. The maximum Gasteiger partial charge on any atom is 0.490 e. The van der Waals surface area contributed by atoms with Crippen LogP contribution in [0.25, 0.3) is 0 Å². The first-order valence-corrected chi connectivity index (χ1v) is 11.9. The first-order valence-electron chi connectivity index (χ1n) is 11.9. The molecule has 39 heavy (non-hydrogen) atoms. The van der Waals surface area contributed by atoms with Crippen molar-refractivity contribution in [2.24, 2.45) is 5.92 Å². The molecule has 15 heteroatoms. The van der Waals surface area contributed by atoms with E-state index < -0.39 is 24.3 Å². The summed E-state index contributed by atoms with van der Waals surface area (Å²) >= 11 is 0. The summed E-state index contributed by atoms with van der Waals surface area (Å²) in [7, 11) is 1.73. The summed E-state index contributed by atoms with van der Waals surface area (Å²) in [6.07, 6.45) is -5.52. The lowest BCUT2D eigenvalue weighted by Gasteiger charge is -2.27. The molecular formula is C24H30F6N4O5. The number of hydrogen-bond donors (Lipinski definition) is 2. The Bertz CT molecular complexity index is 1050. The van der Waals surface area contributed by atoms with Crippen molar-refractivity contribution in [3.05, 3.63) is 47.8 Å². The number of aliphatic carboxylic acids is 2. The third kappa shape index (κ3) is 11.1. The molecule has 2 aliphatic rings. The Morgan fingerprint density at radius 3 is 2.10 bits per heavy atom. The molecule has 4 rings (SSSR count). The topological polar surface area (TPSA) is 108 Å². The predicted molar refractivity (Wildman–Crippen MR) is 126 cm³/mol.